The van der Waals surface area contributed by atoms with Crippen molar-refractivity contribution in [3.05, 3.63) is 40.4 Å². The first kappa shape index (κ1) is 17.2. The molecule has 0 aromatic heterocycles. The fourth-order valence-corrected chi connectivity index (χ4v) is 2.67. The average Bonchev–Trinajstić information content (AvgIpc) is 3.07. The number of methoxy groups -OCH3 is 1. The van der Waals surface area contributed by atoms with Gasteiger partial charge >= 0.3 is 6.03 Å². The van der Waals surface area contributed by atoms with E-state index in [1.54, 1.807) is 6.54 Å². The maximum atomic E-state index is 12.2. The molecule has 1 aliphatic heterocycles. The van der Waals surface area contributed by atoms with Crippen molar-refractivity contribution in [2.24, 2.45) is 0 Å². The Bertz CT molecular complexity index is 631. The normalized spacial score (nSPS) is 15.1. The average molecular weight is 385 g/mol. The molecule has 0 unspecified atom stereocenters. The second-order valence-electron chi connectivity index (χ2n) is 4.86. The SMILES string of the molecule is COc1ccc([N+](=O)[O-])cc1[C@H](Br)C(=O)NC(=O)N1[CH]CCC1. The number of alkyl halides is 1. The Morgan fingerprint density at radius 1 is 1.48 bits per heavy atom. The van der Waals surface area contributed by atoms with Crippen LogP contribution >= 0.6 is 15.9 Å². The fourth-order valence-electron chi connectivity index (χ4n) is 2.20. The first-order valence-corrected chi connectivity index (χ1v) is 7.76. The standard InChI is InChI=1S/C14H15BrN3O5/c1-23-11-5-4-9(18(21)22)8-10(11)12(15)13(19)16-14(20)17-6-2-3-7-17/h4-6,8,12H,2-3,7H2,1H3,(H,16,19,20)/t12-/m0/s1. The second kappa shape index (κ2) is 7.40. The molecule has 9 heteroatoms. The molecule has 1 saturated heterocycles. The molecule has 1 aliphatic rings. The lowest BCUT2D eigenvalue weighted by Crippen LogP contribution is -2.41. The van der Waals surface area contributed by atoms with Gasteiger partial charge in [-0.25, -0.2) is 4.79 Å². The number of halogens is 1. The Morgan fingerprint density at radius 2 is 2.22 bits per heavy atom. The van der Waals surface area contributed by atoms with Gasteiger partial charge in [0.15, 0.2) is 0 Å². The summed E-state index contributed by atoms with van der Waals surface area (Å²) < 4.78 is 5.12. The fraction of sp³-hybridized carbons (Fsp3) is 0.357. The number of ether oxygens (including phenoxy) is 1. The number of hydrogen-bond acceptors (Lipinski definition) is 5. The van der Waals surface area contributed by atoms with Crippen molar-refractivity contribution in [3.63, 3.8) is 0 Å². The van der Waals surface area contributed by atoms with E-state index < -0.39 is 21.7 Å². The van der Waals surface area contributed by atoms with Crippen molar-refractivity contribution in [1.82, 2.24) is 10.2 Å². The molecule has 0 saturated carbocycles. The van der Waals surface area contributed by atoms with Gasteiger partial charge < -0.3 is 9.64 Å². The number of imide groups is 1. The lowest BCUT2D eigenvalue weighted by atomic mass is 10.1. The first-order valence-electron chi connectivity index (χ1n) is 6.85. The van der Waals surface area contributed by atoms with E-state index >= 15 is 0 Å². The topological polar surface area (TPSA) is 102 Å². The predicted molar refractivity (Wildman–Crippen MR) is 85.1 cm³/mol. The number of nitro benzene ring substituents is 1. The molecule has 1 aromatic carbocycles. The number of nitro groups is 1. The number of rotatable bonds is 4. The van der Waals surface area contributed by atoms with Gasteiger partial charge in [0.25, 0.3) is 5.69 Å². The summed E-state index contributed by atoms with van der Waals surface area (Å²) in [6.07, 6.45) is 1.65. The Hall–Kier alpha value is -2.16. The minimum Gasteiger partial charge on any atom is -0.496 e. The highest BCUT2D eigenvalue weighted by molar-refractivity contribution is 9.09. The number of likely N-dealkylation sites (tertiary alicyclic amines) is 1. The van der Waals surface area contributed by atoms with Gasteiger partial charge in [0.1, 0.15) is 10.6 Å². The van der Waals surface area contributed by atoms with Crippen LogP contribution in [0.25, 0.3) is 0 Å². The van der Waals surface area contributed by atoms with E-state index in [9.17, 15) is 19.7 Å². The molecule has 8 nitrogen and oxygen atoms in total. The van der Waals surface area contributed by atoms with Crippen molar-refractivity contribution >= 4 is 33.6 Å². The van der Waals surface area contributed by atoms with E-state index in [-0.39, 0.29) is 11.3 Å². The number of nitrogens with one attached hydrogen (secondary N) is 1. The van der Waals surface area contributed by atoms with Crippen LogP contribution in [-0.2, 0) is 4.79 Å². The Balaban J connectivity index is 2.16. The lowest BCUT2D eigenvalue weighted by Gasteiger charge is -2.17. The summed E-state index contributed by atoms with van der Waals surface area (Å²) in [6, 6.07) is 3.42. The minimum atomic E-state index is -0.955. The number of non-ortho nitro benzene ring substituents is 1. The number of carbonyl (C=O) groups is 2. The van der Waals surface area contributed by atoms with Crippen LogP contribution in [0.2, 0.25) is 0 Å². The van der Waals surface area contributed by atoms with Crippen LogP contribution in [0.4, 0.5) is 10.5 Å². The summed E-state index contributed by atoms with van der Waals surface area (Å²) in [5.41, 5.74) is 0.106. The van der Waals surface area contributed by atoms with Crippen LogP contribution in [-0.4, -0.2) is 35.4 Å². The molecule has 0 spiro atoms. The molecule has 0 aliphatic carbocycles. The second-order valence-corrected chi connectivity index (χ2v) is 5.77. The van der Waals surface area contributed by atoms with Crippen LogP contribution in [0.3, 0.4) is 0 Å². The van der Waals surface area contributed by atoms with Crippen molar-refractivity contribution in [3.8, 4) is 5.75 Å². The molecule has 123 valence electrons. The Labute approximate surface area is 141 Å². The summed E-state index contributed by atoms with van der Waals surface area (Å²) in [5, 5.41) is 13.1. The van der Waals surface area contributed by atoms with E-state index in [1.807, 2.05) is 0 Å². The Morgan fingerprint density at radius 3 is 2.78 bits per heavy atom. The maximum Gasteiger partial charge on any atom is 0.324 e. The number of benzene rings is 1. The summed E-state index contributed by atoms with van der Waals surface area (Å²) in [7, 11) is 1.40. The predicted octanol–water partition coefficient (Wildman–Crippen LogP) is 2.53. The smallest absolute Gasteiger partial charge is 0.324 e. The third-order valence-electron chi connectivity index (χ3n) is 3.37. The zero-order valence-corrected chi connectivity index (χ0v) is 13.9. The largest absolute Gasteiger partial charge is 0.496 e. The van der Waals surface area contributed by atoms with Crippen molar-refractivity contribution < 1.29 is 19.2 Å². The lowest BCUT2D eigenvalue weighted by molar-refractivity contribution is -0.384. The molecule has 1 atom stereocenters. The molecule has 3 amide bonds. The number of carbonyl (C=O) groups excluding carboxylic acids is 2. The van der Waals surface area contributed by atoms with Crippen LogP contribution in [0.5, 0.6) is 5.75 Å². The molecule has 23 heavy (non-hydrogen) atoms. The zero-order chi connectivity index (χ0) is 17.0. The van der Waals surface area contributed by atoms with E-state index in [4.69, 9.17) is 4.74 Å². The van der Waals surface area contributed by atoms with Crippen LogP contribution in [0.15, 0.2) is 18.2 Å². The summed E-state index contributed by atoms with van der Waals surface area (Å²) in [5.74, 6) is -0.304. The first-order chi connectivity index (χ1) is 10.9. The van der Waals surface area contributed by atoms with Gasteiger partial charge in [-0.1, -0.05) is 15.9 Å². The van der Waals surface area contributed by atoms with Crippen LogP contribution < -0.4 is 10.1 Å². The van der Waals surface area contributed by atoms with Crippen molar-refractivity contribution in [2.75, 3.05) is 13.7 Å². The van der Waals surface area contributed by atoms with E-state index in [0.29, 0.717) is 12.3 Å². The molecular formula is C14H15BrN3O5. The summed E-state index contributed by atoms with van der Waals surface area (Å²) in [6.45, 7) is 2.28. The van der Waals surface area contributed by atoms with Crippen molar-refractivity contribution in [2.45, 2.75) is 17.7 Å². The number of amides is 3. The van der Waals surface area contributed by atoms with Crippen LogP contribution in [0, 0.1) is 16.7 Å². The molecular weight excluding hydrogens is 370 g/mol. The van der Waals surface area contributed by atoms with Gasteiger partial charge in [-0.3, -0.25) is 20.2 Å². The molecule has 1 aromatic rings. The van der Waals surface area contributed by atoms with Gasteiger partial charge in [0.05, 0.1) is 18.6 Å². The highest BCUT2D eigenvalue weighted by atomic mass is 79.9. The van der Waals surface area contributed by atoms with Gasteiger partial charge in [-0.05, 0) is 18.9 Å². The van der Waals surface area contributed by atoms with Crippen LogP contribution in [0.1, 0.15) is 23.2 Å². The maximum absolute atomic E-state index is 12.2. The molecule has 1 heterocycles. The zero-order valence-electron chi connectivity index (χ0n) is 12.3. The molecule has 1 fully saturated rings. The molecule has 2 rings (SSSR count). The van der Waals surface area contributed by atoms with Gasteiger partial charge in [0, 0.05) is 24.2 Å². The van der Waals surface area contributed by atoms with E-state index in [2.05, 4.69) is 21.2 Å². The van der Waals surface area contributed by atoms with Gasteiger partial charge in [-0.15, -0.1) is 0 Å². The number of urea groups is 1. The monoisotopic (exact) mass is 384 g/mol. The molecule has 1 N–H and O–H groups in total. The quantitative estimate of drug-likeness (QED) is 0.488. The summed E-state index contributed by atoms with van der Waals surface area (Å²) >= 11 is 3.17. The van der Waals surface area contributed by atoms with E-state index in [1.165, 1.54) is 30.2 Å². The highest BCUT2D eigenvalue weighted by Gasteiger charge is 2.27. The number of nitrogens with zero attached hydrogens (tertiary/aromatic N) is 2. The highest BCUT2D eigenvalue weighted by Crippen LogP contribution is 2.34. The van der Waals surface area contributed by atoms with E-state index in [0.717, 1.165) is 12.8 Å². The van der Waals surface area contributed by atoms with Crippen molar-refractivity contribution in [1.29, 1.82) is 0 Å². The number of hydrogen-bond donors (Lipinski definition) is 1. The Kier molecular flexibility index (Phi) is 5.54. The summed E-state index contributed by atoms with van der Waals surface area (Å²) in [4.78, 5) is 34.9. The molecule has 1 radical (unpaired) electrons. The van der Waals surface area contributed by atoms with Gasteiger partial charge in [-0.2, -0.15) is 0 Å². The minimum absolute atomic E-state index is 0.169. The third kappa shape index (κ3) is 3.98. The molecule has 0 bridgehead atoms. The third-order valence-corrected chi connectivity index (χ3v) is 4.28. The van der Waals surface area contributed by atoms with Gasteiger partial charge in [0.2, 0.25) is 5.91 Å².